The number of nitrogens with two attached hydrogens (primary N) is 1. The highest BCUT2D eigenvalue weighted by molar-refractivity contribution is 7.86. The first-order valence-corrected chi connectivity index (χ1v) is 6.16. The van der Waals surface area contributed by atoms with E-state index in [-0.39, 0.29) is 10.6 Å². The summed E-state index contributed by atoms with van der Waals surface area (Å²) < 4.78 is 31.5. The van der Waals surface area contributed by atoms with Gasteiger partial charge in [-0.25, -0.2) is 0 Å². The van der Waals surface area contributed by atoms with E-state index in [1.54, 1.807) is 12.1 Å². The summed E-state index contributed by atoms with van der Waals surface area (Å²) in [5, 5.41) is 1.44. The Morgan fingerprint density at radius 2 is 1.88 bits per heavy atom. The Morgan fingerprint density at radius 3 is 2.50 bits per heavy atom. The van der Waals surface area contributed by atoms with Crippen molar-refractivity contribution < 1.29 is 13.0 Å². The van der Waals surface area contributed by atoms with E-state index in [2.05, 4.69) is 0 Å². The van der Waals surface area contributed by atoms with Gasteiger partial charge < -0.3 is 5.73 Å². The van der Waals surface area contributed by atoms with Gasteiger partial charge in [0.1, 0.15) is 4.90 Å². The molecule has 0 spiro atoms. The lowest BCUT2D eigenvalue weighted by atomic mass is 10.1. The molecular formula is C10H8ClNO3S. The maximum absolute atomic E-state index is 11.2. The van der Waals surface area contributed by atoms with Crippen molar-refractivity contribution in [1.82, 2.24) is 0 Å². The summed E-state index contributed by atoms with van der Waals surface area (Å²) in [4.78, 5) is -0.276. The van der Waals surface area contributed by atoms with Crippen LogP contribution >= 0.6 is 11.6 Å². The maximum Gasteiger partial charge on any atom is 0.297 e. The van der Waals surface area contributed by atoms with Crippen LogP contribution in [0, 0.1) is 0 Å². The molecule has 0 aliphatic heterocycles. The van der Waals surface area contributed by atoms with Crippen LogP contribution in [0.1, 0.15) is 0 Å². The van der Waals surface area contributed by atoms with Gasteiger partial charge in [0.2, 0.25) is 0 Å². The molecule has 0 atom stereocenters. The van der Waals surface area contributed by atoms with Crippen molar-refractivity contribution in [2.45, 2.75) is 4.90 Å². The second kappa shape index (κ2) is 3.62. The van der Waals surface area contributed by atoms with E-state index in [1.807, 2.05) is 0 Å². The summed E-state index contributed by atoms with van der Waals surface area (Å²) in [7, 11) is -4.34. The van der Waals surface area contributed by atoms with Gasteiger partial charge in [-0.05, 0) is 23.6 Å². The van der Waals surface area contributed by atoms with Crippen LogP contribution < -0.4 is 5.73 Å². The predicted molar refractivity (Wildman–Crippen MR) is 63.2 cm³/mol. The van der Waals surface area contributed by atoms with Crippen LogP contribution in [0.3, 0.4) is 0 Å². The van der Waals surface area contributed by atoms with Gasteiger partial charge in [-0.3, -0.25) is 4.55 Å². The molecule has 2 aromatic rings. The molecule has 2 aromatic carbocycles. The molecule has 0 unspecified atom stereocenters. The molecule has 0 aliphatic carbocycles. The lowest BCUT2D eigenvalue weighted by molar-refractivity contribution is 0.484. The second-order valence-corrected chi connectivity index (χ2v) is 5.12. The standard InChI is InChI=1S/C10H8ClNO3S/c11-7-2-3-8-6(5-7)1-4-9(12)10(8)16(13,14)15/h1-5H,12H2,(H,13,14,15). The third kappa shape index (κ3) is 1.84. The van der Waals surface area contributed by atoms with Crippen LogP contribution in [0.4, 0.5) is 5.69 Å². The van der Waals surface area contributed by atoms with E-state index in [0.29, 0.717) is 15.8 Å². The molecule has 0 heterocycles. The quantitative estimate of drug-likeness (QED) is 0.607. The zero-order chi connectivity index (χ0) is 11.9. The highest BCUT2D eigenvalue weighted by atomic mass is 35.5. The molecule has 0 saturated carbocycles. The normalized spacial score (nSPS) is 11.9. The van der Waals surface area contributed by atoms with E-state index in [0.717, 1.165) is 0 Å². The van der Waals surface area contributed by atoms with Crippen LogP contribution in [0.15, 0.2) is 35.2 Å². The summed E-state index contributed by atoms with van der Waals surface area (Å²) in [5.74, 6) is 0. The fraction of sp³-hybridized carbons (Fsp3) is 0. The van der Waals surface area contributed by atoms with Crippen molar-refractivity contribution >= 4 is 38.2 Å². The maximum atomic E-state index is 11.2. The highest BCUT2D eigenvalue weighted by Gasteiger charge is 2.17. The number of fused-ring (bicyclic) bond motifs is 1. The first kappa shape index (κ1) is 11.2. The molecule has 0 aromatic heterocycles. The summed E-state index contributed by atoms with van der Waals surface area (Å²) >= 11 is 5.78. The van der Waals surface area contributed by atoms with Crippen LogP contribution in [0.5, 0.6) is 0 Å². The SMILES string of the molecule is Nc1ccc2cc(Cl)ccc2c1S(=O)(=O)O. The summed E-state index contributed by atoms with van der Waals surface area (Å²) in [5.41, 5.74) is 5.55. The van der Waals surface area contributed by atoms with Crippen LogP contribution in [-0.4, -0.2) is 13.0 Å². The van der Waals surface area contributed by atoms with Crippen molar-refractivity contribution in [2.24, 2.45) is 0 Å². The first-order chi connectivity index (χ1) is 7.39. The molecule has 6 heteroatoms. The highest BCUT2D eigenvalue weighted by Crippen LogP contribution is 2.30. The van der Waals surface area contributed by atoms with E-state index in [4.69, 9.17) is 21.9 Å². The predicted octanol–water partition coefficient (Wildman–Crippen LogP) is 2.32. The monoisotopic (exact) mass is 257 g/mol. The summed E-state index contributed by atoms with van der Waals surface area (Å²) in [6, 6.07) is 7.72. The average Bonchev–Trinajstić information content (AvgIpc) is 2.16. The Bertz CT molecular complexity index is 667. The molecule has 16 heavy (non-hydrogen) atoms. The van der Waals surface area contributed by atoms with Gasteiger partial charge >= 0.3 is 0 Å². The van der Waals surface area contributed by atoms with Crippen molar-refractivity contribution in [1.29, 1.82) is 0 Å². The minimum absolute atomic E-state index is 0.0114. The molecule has 0 saturated heterocycles. The Hall–Kier alpha value is -1.30. The van der Waals surface area contributed by atoms with Crippen molar-refractivity contribution in [3.05, 3.63) is 35.4 Å². The number of nitrogen functional groups attached to an aromatic ring is 1. The van der Waals surface area contributed by atoms with Gasteiger partial charge in [0.25, 0.3) is 10.1 Å². The summed E-state index contributed by atoms with van der Waals surface area (Å²) in [6.45, 7) is 0. The minimum atomic E-state index is -4.34. The second-order valence-electron chi connectivity index (χ2n) is 3.32. The van der Waals surface area contributed by atoms with E-state index in [1.165, 1.54) is 18.2 Å². The zero-order valence-electron chi connectivity index (χ0n) is 8.01. The van der Waals surface area contributed by atoms with Crippen LogP contribution in [-0.2, 0) is 10.1 Å². The first-order valence-electron chi connectivity index (χ1n) is 4.35. The molecule has 0 amide bonds. The average molecular weight is 258 g/mol. The fourth-order valence-electron chi connectivity index (χ4n) is 1.58. The smallest absolute Gasteiger partial charge is 0.297 e. The topological polar surface area (TPSA) is 80.4 Å². The van der Waals surface area contributed by atoms with Gasteiger partial charge in [0.05, 0.1) is 5.69 Å². The number of benzene rings is 2. The van der Waals surface area contributed by atoms with Gasteiger partial charge in [-0.2, -0.15) is 8.42 Å². The van der Waals surface area contributed by atoms with Gasteiger partial charge in [-0.15, -0.1) is 0 Å². The largest absolute Gasteiger partial charge is 0.398 e. The summed E-state index contributed by atoms with van der Waals surface area (Å²) in [6.07, 6.45) is 0. The number of anilines is 1. The molecule has 0 fully saturated rings. The third-order valence-corrected chi connectivity index (χ3v) is 3.43. The van der Waals surface area contributed by atoms with Crippen LogP contribution in [0.25, 0.3) is 10.8 Å². The van der Waals surface area contributed by atoms with Gasteiger partial charge in [-0.1, -0.05) is 23.7 Å². The Kier molecular flexibility index (Phi) is 2.53. The van der Waals surface area contributed by atoms with E-state index >= 15 is 0 Å². The zero-order valence-corrected chi connectivity index (χ0v) is 9.59. The fourth-order valence-corrected chi connectivity index (χ4v) is 2.59. The molecule has 2 rings (SSSR count). The third-order valence-electron chi connectivity index (χ3n) is 2.22. The number of halogens is 1. The van der Waals surface area contributed by atoms with E-state index < -0.39 is 10.1 Å². The van der Waals surface area contributed by atoms with Gasteiger partial charge in [0, 0.05) is 10.4 Å². The number of rotatable bonds is 1. The molecule has 0 bridgehead atoms. The van der Waals surface area contributed by atoms with Crippen LogP contribution in [0.2, 0.25) is 5.02 Å². The van der Waals surface area contributed by atoms with Crippen molar-refractivity contribution in [3.63, 3.8) is 0 Å². The van der Waals surface area contributed by atoms with E-state index in [9.17, 15) is 8.42 Å². The Morgan fingerprint density at radius 1 is 1.19 bits per heavy atom. The van der Waals surface area contributed by atoms with Crippen molar-refractivity contribution in [2.75, 3.05) is 5.73 Å². The number of hydrogen-bond acceptors (Lipinski definition) is 3. The Labute approximate surface area is 97.4 Å². The van der Waals surface area contributed by atoms with Crippen molar-refractivity contribution in [3.8, 4) is 0 Å². The minimum Gasteiger partial charge on any atom is -0.398 e. The molecule has 3 N–H and O–H groups in total. The molecule has 84 valence electrons. The molecule has 0 radical (unpaired) electrons. The van der Waals surface area contributed by atoms with Gasteiger partial charge in [0.15, 0.2) is 0 Å². The molecule has 0 aliphatic rings. The lowest BCUT2D eigenvalue weighted by Crippen LogP contribution is -2.03. The lowest BCUT2D eigenvalue weighted by Gasteiger charge is -2.07. The Balaban J connectivity index is 2.97. The number of hydrogen-bond donors (Lipinski definition) is 2. The molecule has 4 nitrogen and oxygen atoms in total. The molecular weight excluding hydrogens is 250 g/mol.